The number of piperidine rings is 2. The summed E-state index contributed by atoms with van der Waals surface area (Å²) in [6, 6.07) is 18.7. The van der Waals surface area contributed by atoms with Crippen LogP contribution in [0.25, 0.3) is 0 Å². The van der Waals surface area contributed by atoms with E-state index in [1.54, 1.807) is 0 Å². The van der Waals surface area contributed by atoms with Crippen LogP contribution in [0.15, 0.2) is 54.6 Å². The Hall–Kier alpha value is -3.23. The molecule has 3 aliphatic rings. The normalized spacial score (nSPS) is 24.7. The molecule has 39 heavy (non-hydrogen) atoms. The maximum Gasteiger partial charge on any atom is 0.410 e. The van der Waals surface area contributed by atoms with Crippen molar-refractivity contribution >= 4 is 17.9 Å². The Morgan fingerprint density at radius 2 is 1.59 bits per heavy atom. The highest BCUT2D eigenvalue weighted by molar-refractivity contribution is 6.00. The second-order valence-corrected chi connectivity index (χ2v) is 11.2. The Kier molecular flexibility index (Phi) is 8.94. The number of ether oxygens (including phenoxy) is 1. The number of benzene rings is 2. The summed E-state index contributed by atoms with van der Waals surface area (Å²) in [5.41, 5.74) is 8.94. The number of hydrogen-bond acceptors (Lipinski definition) is 6. The van der Waals surface area contributed by atoms with Gasteiger partial charge in [-0.15, -0.1) is 0 Å². The van der Waals surface area contributed by atoms with Crippen LogP contribution in [0.5, 0.6) is 0 Å². The Balaban J connectivity index is 1.19. The number of hydrogen-bond donors (Lipinski definition) is 2. The van der Waals surface area contributed by atoms with Gasteiger partial charge in [-0.2, -0.15) is 0 Å². The standard InChI is InChI=1S/C31H40N4O4/c32-25-10-12-26(13-11-25)34-18-16-27(17-19-34)35(20-22-4-2-1-3-5-22)31(38)39-21-23-6-8-24(9-7-23)28-14-15-29(36)33-30(28)37/h1-9,25-28H,10-21,32H2,(H,33,36,37). The fraction of sp³-hybridized carbons (Fsp3) is 0.516. The average molecular weight is 533 g/mol. The Morgan fingerprint density at radius 1 is 0.897 bits per heavy atom. The van der Waals surface area contributed by atoms with Crippen molar-refractivity contribution in [2.75, 3.05) is 13.1 Å². The van der Waals surface area contributed by atoms with Gasteiger partial charge in [0.25, 0.3) is 0 Å². The van der Waals surface area contributed by atoms with Crippen molar-refractivity contribution in [2.24, 2.45) is 5.73 Å². The molecule has 2 saturated heterocycles. The molecule has 1 unspecified atom stereocenters. The summed E-state index contributed by atoms with van der Waals surface area (Å²) in [6.45, 7) is 2.67. The molecule has 0 aromatic heterocycles. The summed E-state index contributed by atoms with van der Waals surface area (Å²) < 4.78 is 5.83. The van der Waals surface area contributed by atoms with Crippen molar-refractivity contribution < 1.29 is 19.1 Å². The van der Waals surface area contributed by atoms with Crippen LogP contribution in [-0.4, -0.2) is 58.9 Å². The highest BCUT2D eigenvalue weighted by Crippen LogP contribution is 2.28. The third-order valence-corrected chi connectivity index (χ3v) is 8.61. The fourth-order valence-electron chi connectivity index (χ4n) is 6.24. The molecule has 2 aromatic carbocycles. The van der Waals surface area contributed by atoms with Crippen LogP contribution >= 0.6 is 0 Å². The van der Waals surface area contributed by atoms with E-state index in [2.05, 4.69) is 10.2 Å². The molecular weight excluding hydrogens is 492 g/mol. The van der Waals surface area contributed by atoms with Gasteiger partial charge in [0.05, 0.1) is 5.92 Å². The van der Waals surface area contributed by atoms with Crippen molar-refractivity contribution in [3.63, 3.8) is 0 Å². The van der Waals surface area contributed by atoms with Crippen LogP contribution in [0.3, 0.4) is 0 Å². The number of rotatable bonds is 7. The molecule has 0 spiro atoms. The van der Waals surface area contributed by atoms with E-state index >= 15 is 0 Å². The molecule has 5 rings (SSSR count). The minimum atomic E-state index is -0.322. The lowest BCUT2D eigenvalue weighted by atomic mass is 9.89. The highest BCUT2D eigenvalue weighted by atomic mass is 16.6. The molecule has 1 atom stereocenters. The lowest BCUT2D eigenvalue weighted by Crippen LogP contribution is -2.50. The number of likely N-dealkylation sites (tertiary alicyclic amines) is 1. The summed E-state index contributed by atoms with van der Waals surface area (Å²) in [5, 5.41) is 2.41. The predicted octanol–water partition coefficient (Wildman–Crippen LogP) is 4.08. The van der Waals surface area contributed by atoms with Gasteiger partial charge in [0.2, 0.25) is 11.8 Å². The van der Waals surface area contributed by atoms with Crippen LogP contribution < -0.4 is 11.1 Å². The largest absolute Gasteiger partial charge is 0.445 e. The van der Waals surface area contributed by atoms with Gasteiger partial charge in [-0.25, -0.2) is 4.79 Å². The van der Waals surface area contributed by atoms with Gasteiger partial charge in [-0.1, -0.05) is 54.6 Å². The summed E-state index contributed by atoms with van der Waals surface area (Å²) in [6.07, 6.45) is 6.98. The van der Waals surface area contributed by atoms with E-state index in [1.807, 2.05) is 59.5 Å². The van der Waals surface area contributed by atoms with E-state index in [9.17, 15) is 14.4 Å². The molecular formula is C31H40N4O4. The SMILES string of the molecule is NC1CCC(N2CCC(N(Cc3ccccc3)C(=O)OCc3ccc(C4CCC(=O)NC4=O)cc3)CC2)CC1. The maximum atomic E-state index is 13.4. The number of imide groups is 1. The first kappa shape index (κ1) is 27.3. The molecule has 8 heteroatoms. The van der Waals surface area contributed by atoms with Gasteiger partial charge < -0.3 is 20.3 Å². The molecule has 3 N–H and O–H groups in total. The minimum absolute atomic E-state index is 0.134. The van der Waals surface area contributed by atoms with Crippen LogP contribution in [0.1, 0.15) is 74.0 Å². The summed E-state index contributed by atoms with van der Waals surface area (Å²) in [7, 11) is 0. The first-order chi connectivity index (χ1) is 19.0. The number of carbonyl (C=O) groups excluding carboxylic acids is 3. The first-order valence-electron chi connectivity index (χ1n) is 14.4. The van der Waals surface area contributed by atoms with Gasteiger partial charge in [-0.05, 0) is 61.6 Å². The third kappa shape index (κ3) is 7.05. The zero-order valence-electron chi connectivity index (χ0n) is 22.6. The van der Waals surface area contributed by atoms with Gasteiger partial charge in [0, 0.05) is 44.2 Å². The van der Waals surface area contributed by atoms with E-state index in [0.717, 1.165) is 55.5 Å². The molecule has 208 valence electrons. The lowest BCUT2D eigenvalue weighted by molar-refractivity contribution is -0.134. The zero-order chi connectivity index (χ0) is 27.2. The van der Waals surface area contributed by atoms with Crippen molar-refractivity contribution in [2.45, 2.75) is 88.6 Å². The van der Waals surface area contributed by atoms with Crippen molar-refractivity contribution in [3.8, 4) is 0 Å². The van der Waals surface area contributed by atoms with Gasteiger partial charge in [-0.3, -0.25) is 14.9 Å². The van der Waals surface area contributed by atoms with Gasteiger partial charge >= 0.3 is 6.09 Å². The van der Waals surface area contributed by atoms with Crippen LogP contribution in [0.4, 0.5) is 4.79 Å². The number of amides is 3. The molecule has 2 aromatic rings. The molecule has 0 bridgehead atoms. The van der Waals surface area contributed by atoms with Gasteiger partial charge in [0.15, 0.2) is 0 Å². The number of nitrogens with one attached hydrogen (secondary N) is 1. The quantitative estimate of drug-likeness (QED) is 0.521. The summed E-state index contributed by atoms with van der Waals surface area (Å²) in [5.74, 6) is -0.791. The fourth-order valence-corrected chi connectivity index (χ4v) is 6.24. The van der Waals surface area contributed by atoms with Crippen molar-refractivity contribution in [1.29, 1.82) is 0 Å². The van der Waals surface area contributed by atoms with Crippen molar-refractivity contribution in [3.05, 3.63) is 71.3 Å². The second kappa shape index (κ2) is 12.7. The second-order valence-electron chi connectivity index (χ2n) is 11.2. The molecule has 3 amide bonds. The van der Waals surface area contributed by atoms with E-state index in [-0.39, 0.29) is 36.5 Å². The van der Waals surface area contributed by atoms with Crippen LogP contribution in [0, 0.1) is 0 Å². The Bertz CT molecular complexity index is 1120. The lowest BCUT2D eigenvalue weighted by Gasteiger charge is -2.42. The third-order valence-electron chi connectivity index (χ3n) is 8.61. The highest BCUT2D eigenvalue weighted by Gasteiger charge is 2.33. The Labute approximate surface area is 230 Å². The monoisotopic (exact) mass is 532 g/mol. The molecule has 3 fully saturated rings. The molecule has 0 radical (unpaired) electrons. The first-order valence-corrected chi connectivity index (χ1v) is 14.4. The molecule has 2 aliphatic heterocycles. The number of carbonyl (C=O) groups is 3. The number of nitrogens with zero attached hydrogens (tertiary/aromatic N) is 2. The molecule has 8 nitrogen and oxygen atoms in total. The predicted molar refractivity (Wildman–Crippen MR) is 149 cm³/mol. The van der Waals surface area contributed by atoms with Gasteiger partial charge in [0.1, 0.15) is 6.61 Å². The van der Waals surface area contributed by atoms with Crippen molar-refractivity contribution in [1.82, 2.24) is 15.1 Å². The molecule has 2 heterocycles. The molecule has 1 aliphatic carbocycles. The number of nitrogens with two attached hydrogens (primary N) is 1. The Morgan fingerprint density at radius 3 is 2.26 bits per heavy atom. The topological polar surface area (TPSA) is 105 Å². The van der Waals surface area contributed by atoms with E-state index in [4.69, 9.17) is 10.5 Å². The van der Waals surface area contributed by atoms with E-state index in [0.29, 0.717) is 31.5 Å². The maximum absolute atomic E-state index is 13.4. The zero-order valence-corrected chi connectivity index (χ0v) is 22.6. The van der Waals surface area contributed by atoms with E-state index < -0.39 is 0 Å². The minimum Gasteiger partial charge on any atom is -0.445 e. The van der Waals surface area contributed by atoms with Crippen LogP contribution in [0.2, 0.25) is 0 Å². The average Bonchev–Trinajstić information content (AvgIpc) is 2.96. The summed E-state index contributed by atoms with van der Waals surface area (Å²) in [4.78, 5) is 41.6. The summed E-state index contributed by atoms with van der Waals surface area (Å²) >= 11 is 0. The smallest absolute Gasteiger partial charge is 0.410 e. The van der Waals surface area contributed by atoms with Crippen LogP contribution in [-0.2, 0) is 27.5 Å². The molecule has 1 saturated carbocycles. The van der Waals surface area contributed by atoms with E-state index in [1.165, 1.54) is 12.8 Å².